The van der Waals surface area contributed by atoms with E-state index in [1.54, 1.807) is 6.07 Å². The van der Waals surface area contributed by atoms with Crippen molar-refractivity contribution < 1.29 is 9.90 Å². The van der Waals surface area contributed by atoms with Crippen LogP contribution in [-0.4, -0.2) is 34.4 Å². The van der Waals surface area contributed by atoms with Gasteiger partial charge in [0.15, 0.2) is 0 Å². The Morgan fingerprint density at radius 2 is 2.05 bits per heavy atom. The molecule has 0 atom stereocenters. The minimum Gasteiger partial charge on any atom is -0.396 e. The Labute approximate surface area is 118 Å². The van der Waals surface area contributed by atoms with Gasteiger partial charge in [-0.05, 0) is 6.07 Å². The van der Waals surface area contributed by atoms with Crippen molar-refractivity contribution in [2.75, 3.05) is 13.2 Å². The second-order valence-corrected chi connectivity index (χ2v) is 5.54. The molecule has 0 saturated carbocycles. The Balaban J connectivity index is 2.04. The van der Waals surface area contributed by atoms with Crippen molar-refractivity contribution in [1.29, 1.82) is 0 Å². The molecule has 1 aromatic heterocycles. The van der Waals surface area contributed by atoms with E-state index in [2.05, 4.69) is 15.5 Å². The minimum atomic E-state index is -0.335. The van der Waals surface area contributed by atoms with Crippen molar-refractivity contribution in [3.63, 3.8) is 0 Å². The van der Waals surface area contributed by atoms with Gasteiger partial charge in [-0.25, -0.2) is 0 Å². The summed E-state index contributed by atoms with van der Waals surface area (Å²) < 4.78 is 0. The van der Waals surface area contributed by atoms with E-state index in [1.165, 1.54) is 0 Å². The molecule has 106 valence electrons. The first-order chi connectivity index (χ1) is 9.52. The maximum Gasteiger partial charge on any atom is 0.269 e. The topological polar surface area (TPSA) is 78.0 Å². The average molecular weight is 273 g/mol. The van der Waals surface area contributed by atoms with Crippen molar-refractivity contribution in [2.24, 2.45) is 5.41 Å². The highest BCUT2D eigenvalue weighted by atomic mass is 16.3. The van der Waals surface area contributed by atoms with E-state index < -0.39 is 0 Å². The zero-order valence-electron chi connectivity index (χ0n) is 11.7. The number of nitrogens with one attached hydrogen (secondary N) is 2. The summed E-state index contributed by atoms with van der Waals surface area (Å²) in [5.41, 5.74) is 1.77. The molecule has 2 aromatic rings. The lowest BCUT2D eigenvalue weighted by Crippen LogP contribution is -2.36. The number of carbonyl (C=O) groups excluding carboxylic acids is 1. The average Bonchev–Trinajstić information content (AvgIpc) is 2.96. The van der Waals surface area contributed by atoms with E-state index in [0.717, 1.165) is 11.3 Å². The molecule has 0 saturated heterocycles. The van der Waals surface area contributed by atoms with E-state index >= 15 is 0 Å². The number of nitrogens with zero attached hydrogens (tertiary/aromatic N) is 1. The summed E-state index contributed by atoms with van der Waals surface area (Å²) in [7, 11) is 0. The molecule has 0 aliphatic heterocycles. The molecule has 1 heterocycles. The molecule has 0 bridgehead atoms. The number of aliphatic hydroxyl groups excluding tert-OH is 1. The van der Waals surface area contributed by atoms with E-state index in [9.17, 15) is 4.79 Å². The standard InChI is InChI=1S/C15H19N3O2/c1-15(2,10-19)9-16-14(20)13-8-12(17-18-13)11-6-4-3-5-7-11/h3-8,19H,9-10H2,1-2H3,(H,16,20)(H,17,18). The number of amides is 1. The quantitative estimate of drug-likeness (QED) is 0.777. The number of rotatable bonds is 5. The lowest BCUT2D eigenvalue weighted by Gasteiger charge is -2.21. The van der Waals surface area contributed by atoms with Gasteiger partial charge in [0.2, 0.25) is 0 Å². The fourth-order valence-electron chi connectivity index (χ4n) is 1.67. The summed E-state index contributed by atoms with van der Waals surface area (Å²) in [5.74, 6) is -0.221. The lowest BCUT2D eigenvalue weighted by atomic mass is 9.95. The Morgan fingerprint density at radius 3 is 2.70 bits per heavy atom. The number of aromatic nitrogens is 2. The normalized spacial score (nSPS) is 11.3. The minimum absolute atomic E-state index is 0.0194. The third-order valence-electron chi connectivity index (χ3n) is 3.05. The van der Waals surface area contributed by atoms with Crippen LogP contribution >= 0.6 is 0 Å². The van der Waals surface area contributed by atoms with Gasteiger partial charge in [-0.2, -0.15) is 5.10 Å². The number of aliphatic hydroxyl groups is 1. The van der Waals surface area contributed by atoms with E-state index in [0.29, 0.717) is 12.2 Å². The van der Waals surface area contributed by atoms with Crippen LogP contribution in [0.15, 0.2) is 36.4 Å². The van der Waals surface area contributed by atoms with Gasteiger partial charge in [-0.1, -0.05) is 44.2 Å². The molecule has 0 unspecified atom stereocenters. The van der Waals surface area contributed by atoms with Crippen molar-refractivity contribution in [1.82, 2.24) is 15.5 Å². The molecule has 0 aliphatic carbocycles. The van der Waals surface area contributed by atoms with Gasteiger partial charge >= 0.3 is 0 Å². The summed E-state index contributed by atoms with van der Waals surface area (Å²) in [4.78, 5) is 12.0. The molecular weight excluding hydrogens is 254 g/mol. The predicted molar refractivity (Wildman–Crippen MR) is 77.2 cm³/mol. The third kappa shape index (κ3) is 3.45. The second-order valence-electron chi connectivity index (χ2n) is 5.54. The number of hydrogen-bond donors (Lipinski definition) is 3. The number of benzene rings is 1. The van der Waals surface area contributed by atoms with Crippen LogP contribution in [0, 0.1) is 5.41 Å². The van der Waals surface area contributed by atoms with Crippen molar-refractivity contribution >= 4 is 5.91 Å². The largest absolute Gasteiger partial charge is 0.396 e. The zero-order valence-corrected chi connectivity index (χ0v) is 11.7. The van der Waals surface area contributed by atoms with E-state index in [-0.39, 0.29) is 17.9 Å². The SMILES string of the molecule is CC(C)(CO)CNC(=O)c1cc(-c2ccccc2)n[nH]1. The molecule has 0 fully saturated rings. The smallest absolute Gasteiger partial charge is 0.269 e. The number of hydrogen-bond acceptors (Lipinski definition) is 3. The van der Waals surface area contributed by atoms with Crippen LogP contribution < -0.4 is 5.32 Å². The number of H-pyrrole nitrogens is 1. The summed E-state index contributed by atoms with van der Waals surface area (Å²) in [6.07, 6.45) is 0. The highest BCUT2D eigenvalue weighted by Gasteiger charge is 2.19. The Morgan fingerprint density at radius 1 is 1.35 bits per heavy atom. The Bertz CT molecular complexity index is 576. The van der Waals surface area contributed by atoms with Gasteiger partial charge in [0.05, 0.1) is 5.69 Å². The molecule has 0 aliphatic rings. The summed E-state index contributed by atoms with van der Waals surface area (Å²) in [5, 5.41) is 18.8. The lowest BCUT2D eigenvalue weighted by molar-refractivity contribution is 0.0906. The van der Waals surface area contributed by atoms with Gasteiger partial charge in [-0.15, -0.1) is 0 Å². The number of carbonyl (C=O) groups is 1. The maximum absolute atomic E-state index is 12.0. The van der Waals surface area contributed by atoms with Gasteiger partial charge < -0.3 is 10.4 Å². The molecule has 5 nitrogen and oxygen atoms in total. The molecule has 0 radical (unpaired) electrons. The molecule has 5 heteroatoms. The molecule has 1 amide bonds. The molecule has 2 rings (SSSR count). The second kappa shape index (κ2) is 5.88. The Kier molecular flexibility index (Phi) is 4.20. The van der Waals surface area contributed by atoms with Gasteiger partial charge in [0.1, 0.15) is 5.69 Å². The van der Waals surface area contributed by atoms with Gasteiger partial charge in [0.25, 0.3) is 5.91 Å². The predicted octanol–water partition coefficient (Wildman–Crippen LogP) is 1.82. The van der Waals surface area contributed by atoms with Crippen LogP contribution in [0.25, 0.3) is 11.3 Å². The number of aromatic amines is 1. The fraction of sp³-hybridized carbons (Fsp3) is 0.333. The first-order valence-electron chi connectivity index (χ1n) is 6.52. The van der Waals surface area contributed by atoms with Crippen molar-refractivity contribution in [3.05, 3.63) is 42.1 Å². The fourth-order valence-corrected chi connectivity index (χ4v) is 1.67. The van der Waals surface area contributed by atoms with E-state index in [4.69, 9.17) is 5.11 Å². The van der Waals surface area contributed by atoms with Crippen molar-refractivity contribution in [3.8, 4) is 11.3 Å². The first-order valence-corrected chi connectivity index (χ1v) is 6.52. The monoisotopic (exact) mass is 273 g/mol. The molecule has 1 aromatic carbocycles. The molecule has 20 heavy (non-hydrogen) atoms. The van der Waals surface area contributed by atoms with E-state index in [1.807, 2.05) is 44.2 Å². The van der Waals surface area contributed by atoms with Crippen LogP contribution in [0.3, 0.4) is 0 Å². The van der Waals surface area contributed by atoms with Crippen LogP contribution in [-0.2, 0) is 0 Å². The zero-order chi connectivity index (χ0) is 14.6. The summed E-state index contributed by atoms with van der Waals surface area (Å²) in [6.45, 7) is 4.19. The Hall–Kier alpha value is -2.14. The molecule has 0 spiro atoms. The first kappa shape index (κ1) is 14.3. The van der Waals surface area contributed by atoms with Crippen LogP contribution in [0.5, 0.6) is 0 Å². The van der Waals surface area contributed by atoms with Crippen LogP contribution in [0.4, 0.5) is 0 Å². The molecule has 3 N–H and O–H groups in total. The molecular formula is C15H19N3O2. The summed E-state index contributed by atoms with van der Waals surface area (Å²) in [6, 6.07) is 11.4. The van der Waals surface area contributed by atoms with Crippen molar-refractivity contribution in [2.45, 2.75) is 13.8 Å². The third-order valence-corrected chi connectivity index (χ3v) is 3.05. The van der Waals surface area contributed by atoms with Crippen LogP contribution in [0.1, 0.15) is 24.3 Å². The van der Waals surface area contributed by atoms with Gasteiger partial charge in [0, 0.05) is 24.1 Å². The van der Waals surface area contributed by atoms with Crippen LogP contribution in [0.2, 0.25) is 0 Å². The highest BCUT2D eigenvalue weighted by molar-refractivity contribution is 5.93. The summed E-state index contributed by atoms with van der Waals surface area (Å²) >= 11 is 0. The van der Waals surface area contributed by atoms with Gasteiger partial charge in [-0.3, -0.25) is 9.89 Å². The highest BCUT2D eigenvalue weighted by Crippen LogP contribution is 2.17. The maximum atomic E-state index is 12.0.